The van der Waals surface area contributed by atoms with Gasteiger partial charge in [0.05, 0.1) is 45.5 Å². The molecule has 0 bridgehead atoms. The lowest BCUT2D eigenvalue weighted by molar-refractivity contribution is 1.02. The summed E-state index contributed by atoms with van der Waals surface area (Å²) in [5, 5.41) is 13.3. The minimum absolute atomic E-state index is 0.564. The van der Waals surface area contributed by atoms with Crippen molar-refractivity contribution in [3.63, 3.8) is 0 Å². The standard InChI is InChI=1S/C41H27N5.C26H18N2/c1-4-16-30(17-5-1)39-42-40(31-18-6-2-7-19-31)44-41(43-39)46-36-27-25-28-14-10-12-22-33(28)37(36)45(32-20-8-3-9-21-32)35-26-24-29-15-11-13-23-34(29)38(35)46;1-2-10-20(11-3-1)28-24-17-15-18-8-4-6-12-21(18)25(24)27-23-16-14-19-9-5-7-13-22(19)26(23)28/h1-27H;1-17,27H. The summed E-state index contributed by atoms with van der Waals surface area (Å²) < 4.78 is 0. The number of nitrogens with zero attached hydrogens (tertiary/aromatic N) is 6. The Morgan fingerprint density at radius 2 is 0.635 bits per heavy atom. The number of para-hydroxylation sites is 2. The van der Waals surface area contributed by atoms with Crippen molar-refractivity contribution < 1.29 is 0 Å². The van der Waals surface area contributed by atoms with Crippen molar-refractivity contribution in [2.45, 2.75) is 0 Å². The second-order valence-corrected chi connectivity index (χ2v) is 18.5. The van der Waals surface area contributed by atoms with E-state index >= 15 is 0 Å². The van der Waals surface area contributed by atoms with Crippen LogP contribution in [0.5, 0.6) is 0 Å². The molecule has 12 aromatic carbocycles. The molecule has 0 unspecified atom stereocenters. The molecule has 0 aliphatic carbocycles. The van der Waals surface area contributed by atoms with Crippen molar-refractivity contribution in [3.05, 3.63) is 267 Å². The normalized spacial score (nSPS) is 12.4. The van der Waals surface area contributed by atoms with Gasteiger partial charge in [0, 0.05) is 44.0 Å². The Balaban J connectivity index is 0.000000153. The molecule has 348 valence electrons. The summed E-state index contributed by atoms with van der Waals surface area (Å²) in [6.45, 7) is 0. The Kier molecular flexibility index (Phi) is 10.4. The predicted octanol–water partition coefficient (Wildman–Crippen LogP) is 18.3. The van der Waals surface area contributed by atoms with Crippen LogP contribution in [0.4, 0.5) is 62.8 Å². The molecule has 1 aromatic heterocycles. The molecule has 7 nitrogen and oxygen atoms in total. The topological polar surface area (TPSA) is 60.4 Å². The van der Waals surface area contributed by atoms with E-state index in [4.69, 9.17) is 15.0 Å². The molecule has 0 spiro atoms. The van der Waals surface area contributed by atoms with E-state index in [9.17, 15) is 0 Å². The molecule has 13 aromatic rings. The minimum Gasteiger partial charge on any atom is -0.352 e. The van der Waals surface area contributed by atoms with E-state index < -0.39 is 0 Å². The molecule has 3 heterocycles. The molecule has 0 radical (unpaired) electrons. The second-order valence-electron chi connectivity index (χ2n) is 18.5. The number of hydrogen-bond acceptors (Lipinski definition) is 7. The summed E-state index contributed by atoms with van der Waals surface area (Å²) in [6, 6.07) is 93.4. The summed E-state index contributed by atoms with van der Waals surface area (Å²) in [5.41, 5.74) is 12.9. The molecule has 2 aliphatic heterocycles. The summed E-state index contributed by atoms with van der Waals surface area (Å²) >= 11 is 0. The molecule has 15 rings (SSSR count). The Labute approximate surface area is 428 Å². The maximum absolute atomic E-state index is 5.22. The van der Waals surface area contributed by atoms with Gasteiger partial charge in [-0.2, -0.15) is 9.97 Å². The quantitative estimate of drug-likeness (QED) is 0.184. The number of anilines is 11. The average Bonchev–Trinajstić information content (AvgIpc) is 3.53. The number of rotatable bonds is 5. The van der Waals surface area contributed by atoms with Crippen molar-refractivity contribution in [1.29, 1.82) is 0 Å². The average molecular weight is 948 g/mol. The fourth-order valence-corrected chi connectivity index (χ4v) is 10.8. The predicted molar refractivity (Wildman–Crippen MR) is 308 cm³/mol. The third-order valence-electron chi connectivity index (χ3n) is 14.1. The molecule has 0 fully saturated rings. The van der Waals surface area contributed by atoms with Gasteiger partial charge in [0.2, 0.25) is 5.95 Å². The van der Waals surface area contributed by atoms with Crippen LogP contribution in [0, 0.1) is 0 Å². The smallest absolute Gasteiger partial charge is 0.238 e. The van der Waals surface area contributed by atoms with Gasteiger partial charge in [-0.25, -0.2) is 4.98 Å². The number of fused-ring (bicyclic) bond motifs is 12. The summed E-state index contributed by atoms with van der Waals surface area (Å²) in [6.07, 6.45) is 0. The number of nitrogens with one attached hydrogen (secondary N) is 1. The first kappa shape index (κ1) is 42.7. The molecule has 0 atom stereocenters. The fourth-order valence-electron chi connectivity index (χ4n) is 10.8. The van der Waals surface area contributed by atoms with Crippen molar-refractivity contribution in [2.75, 3.05) is 20.0 Å². The highest BCUT2D eigenvalue weighted by atomic mass is 15.3. The molecular weight excluding hydrogens is 903 g/mol. The van der Waals surface area contributed by atoms with Gasteiger partial charge in [-0.1, -0.05) is 218 Å². The second kappa shape index (κ2) is 17.9. The molecule has 74 heavy (non-hydrogen) atoms. The minimum atomic E-state index is 0.564. The van der Waals surface area contributed by atoms with Crippen LogP contribution < -0.4 is 20.0 Å². The van der Waals surface area contributed by atoms with Crippen LogP contribution in [0.1, 0.15) is 0 Å². The van der Waals surface area contributed by atoms with Crippen LogP contribution in [0.2, 0.25) is 0 Å². The van der Waals surface area contributed by atoms with E-state index in [1.807, 2.05) is 60.7 Å². The highest BCUT2D eigenvalue weighted by Crippen LogP contribution is 2.58. The summed E-state index contributed by atoms with van der Waals surface area (Å²) in [4.78, 5) is 22.4. The summed E-state index contributed by atoms with van der Waals surface area (Å²) in [5.74, 6) is 1.81. The highest BCUT2D eigenvalue weighted by molar-refractivity contribution is 6.17. The van der Waals surface area contributed by atoms with Gasteiger partial charge in [0.15, 0.2) is 11.6 Å². The molecule has 0 saturated carbocycles. The van der Waals surface area contributed by atoms with E-state index in [1.54, 1.807) is 0 Å². The van der Waals surface area contributed by atoms with Gasteiger partial charge in [-0.3, -0.25) is 4.90 Å². The first-order valence-electron chi connectivity index (χ1n) is 24.9. The summed E-state index contributed by atoms with van der Waals surface area (Å²) in [7, 11) is 0. The molecule has 1 N–H and O–H groups in total. The molecule has 0 saturated heterocycles. The van der Waals surface area contributed by atoms with Crippen LogP contribution in [-0.4, -0.2) is 15.0 Å². The highest BCUT2D eigenvalue weighted by Gasteiger charge is 2.35. The van der Waals surface area contributed by atoms with Crippen LogP contribution in [0.15, 0.2) is 267 Å². The van der Waals surface area contributed by atoms with Gasteiger partial charge in [-0.15, -0.1) is 0 Å². The number of hydrogen-bond donors (Lipinski definition) is 1. The Bertz CT molecular complexity index is 4190. The molecule has 2 aliphatic rings. The SMILES string of the molecule is c1ccc(-c2nc(-c3ccccc3)nc(N3c4ccc5ccccc5c4N(c4ccccc4)c4ccc5ccccc5c43)n2)cc1.c1ccc(N2c3ccc4ccccc4c3Nc3ccc4ccccc4c32)cc1. The van der Waals surface area contributed by atoms with E-state index in [0.29, 0.717) is 17.6 Å². The maximum Gasteiger partial charge on any atom is 0.238 e. The lowest BCUT2D eigenvalue weighted by Crippen LogP contribution is -2.26. The zero-order valence-electron chi connectivity index (χ0n) is 40.1. The van der Waals surface area contributed by atoms with E-state index in [-0.39, 0.29) is 0 Å². The van der Waals surface area contributed by atoms with Gasteiger partial charge in [0.25, 0.3) is 0 Å². The van der Waals surface area contributed by atoms with Crippen LogP contribution >= 0.6 is 0 Å². The lowest BCUT2D eigenvalue weighted by atomic mass is 9.97. The van der Waals surface area contributed by atoms with Gasteiger partial charge >= 0.3 is 0 Å². The maximum atomic E-state index is 5.22. The Morgan fingerprint density at radius 3 is 1.15 bits per heavy atom. The van der Waals surface area contributed by atoms with Crippen molar-refractivity contribution >= 4 is 106 Å². The molecule has 0 amide bonds. The fraction of sp³-hybridized carbons (Fsp3) is 0. The Morgan fingerprint density at radius 1 is 0.270 bits per heavy atom. The van der Waals surface area contributed by atoms with E-state index in [1.165, 1.54) is 32.9 Å². The van der Waals surface area contributed by atoms with Gasteiger partial charge < -0.3 is 15.1 Å². The van der Waals surface area contributed by atoms with E-state index in [0.717, 1.165) is 78.2 Å². The largest absolute Gasteiger partial charge is 0.352 e. The monoisotopic (exact) mass is 947 g/mol. The van der Waals surface area contributed by atoms with Gasteiger partial charge in [-0.05, 0) is 70.1 Å². The number of aromatic nitrogens is 3. The molecule has 7 heteroatoms. The zero-order chi connectivity index (χ0) is 49.0. The lowest BCUT2D eigenvalue weighted by Gasteiger charge is -2.40. The van der Waals surface area contributed by atoms with Crippen molar-refractivity contribution in [3.8, 4) is 22.8 Å². The van der Waals surface area contributed by atoms with Crippen LogP contribution in [0.25, 0.3) is 65.9 Å². The first-order chi connectivity index (χ1) is 36.7. The van der Waals surface area contributed by atoms with E-state index in [2.05, 4.69) is 226 Å². The Hall–Kier alpha value is -10.1. The van der Waals surface area contributed by atoms with Crippen molar-refractivity contribution in [1.82, 2.24) is 15.0 Å². The van der Waals surface area contributed by atoms with Crippen LogP contribution in [0.3, 0.4) is 0 Å². The third-order valence-corrected chi connectivity index (χ3v) is 14.1. The number of benzene rings is 12. The van der Waals surface area contributed by atoms with Crippen molar-refractivity contribution in [2.24, 2.45) is 0 Å². The third kappa shape index (κ3) is 7.25. The molecular formula is C67H45N7. The first-order valence-corrected chi connectivity index (χ1v) is 24.9. The van der Waals surface area contributed by atoms with Gasteiger partial charge in [0.1, 0.15) is 0 Å². The van der Waals surface area contributed by atoms with Crippen LogP contribution in [-0.2, 0) is 0 Å². The zero-order valence-corrected chi connectivity index (χ0v) is 40.1.